The van der Waals surface area contributed by atoms with E-state index in [0.29, 0.717) is 27.8 Å². The molecule has 0 radical (unpaired) electrons. The quantitative estimate of drug-likeness (QED) is 0.544. The van der Waals surface area contributed by atoms with Gasteiger partial charge >= 0.3 is 0 Å². The molecule has 2 aliphatic rings. The van der Waals surface area contributed by atoms with Gasteiger partial charge in [-0.1, -0.05) is 12.1 Å². The first-order valence-electron chi connectivity index (χ1n) is 10.6. The van der Waals surface area contributed by atoms with Crippen LogP contribution in [0, 0.1) is 6.92 Å². The molecule has 0 fully saturated rings. The van der Waals surface area contributed by atoms with E-state index in [2.05, 4.69) is 0 Å². The number of benzene rings is 2. The molecule has 1 N–H and O–H groups in total. The molecule has 2 aliphatic heterocycles. The largest absolute Gasteiger partial charge is 0.508 e. The summed E-state index contributed by atoms with van der Waals surface area (Å²) in [4.78, 5) is 13.7. The summed E-state index contributed by atoms with van der Waals surface area (Å²) in [5.74, 6) is 1.41. The Hall–Kier alpha value is -3.21. The average molecular weight is 418 g/mol. The van der Waals surface area contributed by atoms with E-state index in [1.54, 1.807) is 12.1 Å². The molecule has 5 heteroatoms. The predicted molar refractivity (Wildman–Crippen MR) is 121 cm³/mol. The molecule has 1 aromatic heterocycles. The van der Waals surface area contributed by atoms with Crippen LogP contribution in [0.15, 0.2) is 39.7 Å². The number of aryl methyl sites for hydroxylation is 1. The molecule has 0 saturated heterocycles. The topological polar surface area (TPSA) is 68.9 Å². The number of phenolic OH excluding ortho intramolecular Hbond substituents is 1. The molecule has 160 valence electrons. The summed E-state index contributed by atoms with van der Waals surface area (Å²) in [5.41, 5.74) is 2.84. The van der Waals surface area contributed by atoms with Crippen LogP contribution in [0.25, 0.3) is 28.2 Å². The number of hydrogen-bond donors (Lipinski definition) is 1. The Morgan fingerprint density at radius 3 is 2.58 bits per heavy atom. The maximum Gasteiger partial charge on any atom is 0.204 e. The lowest BCUT2D eigenvalue weighted by Gasteiger charge is -2.37. The normalized spacial score (nSPS) is 18.1. The highest BCUT2D eigenvalue weighted by atomic mass is 16.5. The smallest absolute Gasteiger partial charge is 0.204 e. The molecule has 0 spiro atoms. The van der Waals surface area contributed by atoms with E-state index in [9.17, 15) is 9.90 Å². The zero-order valence-corrected chi connectivity index (χ0v) is 18.5. The van der Waals surface area contributed by atoms with Crippen molar-refractivity contribution in [1.82, 2.24) is 0 Å². The van der Waals surface area contributed by atoms with E-state index in [0.717, 1.165) is 35.3 Å². The third kappa shape index (κ3) is 3.11. The highest BCUT2D eigenvalue weighted by molar-refractivity contribution is 5.97. The molecule has 3 aromatic rings. The van der Waals surface area contributed by atoms with Crippen molar-refractivity contribution in [3.63, 3.8) is 0 Å². The summed E-state index contributed by atoms with van der Waals surface area (Å²) in [6, 6.07) is 5.19. The first-order valence-corrected chi connectivity index (χ1v) is 10.6. The van der Waals surface area contributed by atoms with Gasteiger partial charge in [-0.3, -0.25) is 4.79 Å². The molecule has 0 atom stereocenters. The van der Waals surface area contributed by atoms with Crippen LogP contribution in [0.3, 0.4) is 0 Å². The molecular formula is C26H26O5. The van der Waals surface area contributed by atoms with E-state index in [1.807, 2.05) is 52.8 Å². The molecule has 0 unspecified atom stereocenters. The molecule has 5 rings (SSSR count). The Balaban J connectivity index is 1.85. The summed E-state index contributed by atoms with van der Waals surface area (Å²) in [6.45, 7) is 9.86. The van der Waals surface area contributed by atoms with Crippen LogP contribution in [0.2, 0.25) is 0 Å². The zero-order valence-electron chi connectivity index (χ0n) is 18.5. The van der Waals surface area contributed by atoms with E-state index >= 15 is 0 Å². The molecule has 0 amide bonds. The van der Waals surface area contributed by atoms with Crippen molar-refractivity contribution in [1.29, 1.82) is 0 Å². The SMILES string of the molecule is Cc1ccc(-c2coc3c4c(c5c(c3c2=O)OC(C)(C)CC5)OC(C)(C)C=C4)cc1O. The molecule has 2 aromatic carbocycles. The zero-order chi connectivity index (χ0) is 22.1. The van der Waals surface area contributed by atoms with Crippen molar-refractivity contribution < 1.29 is 19.0 Å². The summed E-state index contributed by atoms with van der Waals surface area (Å²) in [5, 5.41) is 10.6. The van der Waals surface area contributed by atoms with Crippen LogP contribution in [0.4, 0.5) is 0 Å². The van der Waals surface area contributed by atoms with Crippen LogP contribution in [0.5, 0.6) is 17.2 Å². The maximum atomic E-state index is 13.7. The molecule has 0 saturated carbocycles. The van der Waals surface area contributed by atoms with Crippen LogP contribution in [-0.4, -0.2) is 16.3 Å². The molecule has 3 heterocycles. The first kappa shape index (κ1) is 19.7. The van der Waals surface area contributed by atoms with Crippen molar-refractivity contribution in [2.45, 2.75) is 58.7 Å². The Bertz CT molecular complexity index is 1320. The third-order valence-corrected chi connectivity index (χ3v) is 6.15. The van der Waals surface area contributed by atoms with Gasteiger partial charge in [0.1, 0.15) is 40.1 Å². The van der Waals surface area contributed by atoms with Gasteiger partial charge in [-0.05, 0) is 76.8 Å². The van der Waals surface area contributed by atoms with E-state index < -0.39 is 11.2 Å². The van der Waals surface area contributed by atoms with Gasteiger partial charge in [0.15, 0.2) is 5.58 Å². The fourth-order valence-corrected chi connectivity index (χ4v) is 4.31. The lowest BCUT2D eigenvalue weighted by atomic mass is 9.88. The average Bonchev–Trinajstić information content (AvgIpc) is 2.68. The Morgan fingerprint density at radius 2 is 1.84 bits per heavy atom. The maximum absolute atomic E-state index is 13.7. The van der Waals surface area contributed by atoms with Crippen LogP contribution >= 0.6 is 0 Å². The van der Waals surface area contributed by atoms with Crippen molar-refractivity contribution in [3.05, 3.63) is 57.5 Å². The minimum atomic E-state index is -0.457. The van der Waals surface area contributed by atoms with Crippen LogP contribution in [0.1, 0.15) is 50.8 Å². The molecule has 31 heavy (non-hydrogen) atoms. The Labute approximate surface area is 180 Å². The fourth-order valence-electron chi connectivity index (χ4n) is 4.31. The van der Waals surface area contributed by atoms with Gasteiger partial charge in [-0.2, -0.15) is 0 Å². The minimum Gasteiger partial charge on any atom is -0.508 e. The van der Waals surface area contributed by atoms with Crippen LogP contribution in [-0.2, 0) is 6.42 Å². The second-order valence-electron chi connectivity index (χ2n) is 9.63. The van der Waals surface area contributed by atoms with E-state index in [1.165, 1.54) is 6.26 Å². The van der Waals surface area contributed by atoms with Gasteiger partial charge in [0, 0.05) is 5.56 Å². The number of hydrogen-bond acceptors (Lipinski definition) is 5. The van der Waals surface area contributed by atoms with Gasteiger partial charge in [-0.25, -0.2) is 0 Å². The van der Waals surface area contributed by atoms with Gasteiger partial charge in [0.25, 0.3) is 0 Å². The highest BCUT2D eigenvalue weighted by Gasteiger charge is 2.36. The second kappa shape index (κ2) is 6.39. The number of fused-ring (bicyclic) bond motifs is 6. The number of ether oxygens (including phenoxy) is 2. The predicted octanol–water partition coefficient (Wildman–Crippen LogP) is 5.76. The molecule has 0 aliphatic carbocycles. The summed E-state index contributed by atoms with van der Waals surface area (Å²) in [6.07, 6.45) is 6.98. The minimum absolute atomic E-state index is 0.139. The monoisotopic (exact) mass is 418 g/mol. The fraction of sp³-hybridized carbons (Fsp3) is 0.346. The van der Waals surface area contributed by atoms with Crippen molar-refractivity contribution in [3.8, 4) is 28.4 Å². The lowest BCUT2D eigenvalue weighted by molar-refractivity contribution is 0.0827. The third-order valence-electron chi connectivity index (χ3n) is 6.15. The van der Waals surface area contributed by atoms with Crippen molar-refractivity contribution in [2.75, 3.05) is 0 Å². The number of rotatable bonds is 1. The van der Waals surface area contributed by atoms with Gasteiger partial charge in [0.05, 0.1) is 11.1 Å². The second-order valence-corrected chi connectivity index (χ2v) is 9.63. The van der Waals surface area contributed by atoms with Crippen molar-refractivity contribution in [2.24, 2.45) is 0 Å². The van der Waals surface area contributed by atoms with Gasteiger partial charge in [0.2, 0.25) is 5.43 Å². The summed E-state index contributed by atoms with van der Waals surface area (Å²) < 4.78 is 18.7. The number of phenols is 1. The van der Waals surface area contributed by atoms with Crippen molar-refractivity contribution >= 4 is 17.0 Å². The summed E-state index contributed by atoms with van der Waals surface area (Å²) in [7, 11) is 0. The van der Waals surface area contributed by atoms with E-state index in [4.69, 9.17) is 13.9 Å². The Kier molecular flexibility index (Phi) is 4.07. The van der Waals surface area contributed by atoms with Gasteiger partial charge in [-0.15, -0.1) is 0 Å². The van der Waals surface area contributed by atoms with Gasteiger partial charge < -0.3 is 19.0 Å². The standard InChI is InChI=1S/C26H26O5/c1-14-6-7-15(12-19(14)27)18-13-29-23-16-8-10-25(2,3)30-22(16)17-9-11-26(4,5)31-24(17)20(23)21(18)28/h6-8,10,12-13,27H,9,11H2,1-5H3. The Morgan fingerprint density at radius 1 is 1.06 bits per heavy atom. The first-order chi connectivity index (χ1) is 14.6. The lowest BCUT2D eigenvalue weighted by Crippen LogP contribution is -2.35. The summed E-state index contributed by atoms with van der Waals surface area (Å²) >= 11 is 0. The van der Waals surface area contributed by atoms with Crippen LogP contribution < -0.4 is 14.9 Å². The molecule has 0 bridgehead atoms. The van der Waals surface area contributed by atoms with E-state index in [-0.39, 0.29) is 11.2 Å². The molecular weight excluding hydrogens is 392 g/mol. The highest BCUT2D eigenvalue weighted by Crippen LogP contribution is 2.48. The molecule has 5 nitrogen and oxygen atoms in total. The number of aromatic hydroxyl groups is 1.